The average molecular weight is 317 g/mol. The van der Waals surface area contributed by atoms with Gasteiger partial charge in [0.05, 0.1) is 0 Å². The van der Waals surface area contributed by atoms with Gasteiger partial charge in [-0.15, -0.1) is 11.3 Å². The van der Waals surface area contributed by atoms with E-state index in [1.807, 2.05) is 6.92 Å². The molecule has 1 aromatic heterocycles. The molecule has 19 heavy (non-hydrogen) atoms. The Labute approximate surface area is 124 Å². The van der Waals surface area contributed by atoms with Gasteiger partial charge in [-0.05, 0) is 25.1 Å². The lowest BCUT2D eigenvalue weighted by atomic mass is 10.2. The fourth-order valence-corrected chi connectivity index (χ4v) is 2.80. The molecule has 0 fully saturated rings. The van der Waals surface area contributed by atoms with Crippen LogP contribution in [-0.2, 0) is 6.61 Å². The molecule has 2 aromatic rings. The van der Waals surface area contributed by atoms with E-state index in [0.717, 1.165) is 10.4 Å². The van der Waals surface area contributed by atoms with Crippen LogP contribution in [0.2, 0.25) is 10.0 Å². The first kappa shape index (κ1) is 14.2. The van der Waals surface area contributed by atoms with Crippen molar-refractivity contribution < 1.29 is 14.6 Å². The summed E-state index contributed by atoms with van der Waals surface area (Å²) in [6, 6.07) is 6.80. The summed E-state index contributed by atoms with van der Waals surface area (Å²) in [5.74, 6) is -0.628. The summed E-state index contributed by atoms with van der Waals surface area (Å²) in [5.41, 5.74) is 0.756. The standard InChI is InChI=1S/C13H10Cl2O3S/c1-7-4-11(12(19-7)13(16)17)18-6-8-2-3-9(14)5-10(8)15/h2-5H,6H2,1H3,(H,16,17). The quantitative estimate of drug-likeness (QED) is 0.893. The van der Waals surface area contributed by atoms with Crippen LogP contribution < -0.4 is 4.74 Å². The molecular formula is C13H10Cl2O3S. The Bertz CT molecular complexity index is 622. The maximum Gasteiger partial charge on any atom is 0.349 e. The van der Waals surface area contributed by atoms with Crippen molar-refractivity contribution >= 4 is 40.5 Å². The maximum atomic E-state index is 11.0. The summed E-state index contributed by atoms with van der Waals surface area (Å²) in [5, 5.41) is 10.1. The Hall–Kier alpha value is -1.23. The lowest BCUT2D eigenvalue weighted by Crippen LogP contribution is -2.00. The van der Waals surface area contributed by atoms with Gasteiger partial charge in [0.1, 0.15) is 12.4 Å². The van der Waals surface area contributed by atoms with Crippen molar-refractivity contribution in [2.75, 3.05) is 0 Å². The maximum absolute atomic E-state index is 11.0. The molecule has 0 spiro atoms. The van der Waals surface area contributed by atoms with Crippen LogP contribution in [0.3, 0.4) is 0 Å². The second-order valence-electron chi connectivity index (χ2n) is 3.88. The number of ether oxygens (including phenoxy) is 1. The number of aryl methyl sites for hydroxylation is 1. The van der Waals surface area contributed by atoms with E-state index >= 15 is 0 Å². The van der Waals surface area contributed by atoms with Crippen molar-refractivity contribution in [2.45, 2.75) is 13.5 Å². The normalized spacial score (nSPS) is 10.5. The van der Waals surface area contributed by atoms with Crippen molar-refractivity contribution in [3.63, 3.8) is 0 Å². The van der Waals surface area contributed by atoms with Crippen LogP contribution in [0.1, 0.15) is 20.1 Å². The van der Waals surface area contributed by atoms with Gasteiger partial charge in [-0.25, -0.2) is 4.79 Å². The third-order valence-corrected chi connectivity index (χ3v) is 4.02. The van der Waals surface area contributed by atoms with E-state index < -0.39 is 5.97 Å². The largest absolute Gasteiger partial charge is 0.487 e. The molecule has 0 aliphatic carbocycles. The molecule has 0 bridgehead atoms. The molecule has 1 heterocycles. The van der Waals surface area contributed by atoms with E-state index in [2.05, 4.69) is 0 Å². The van der Waals surface area contributed by atoms with Gasteiger partial charge in [0.25, 0.3) is 0 Å². The van der Waals surface area contributed by atoms with Crippen molar-refractivity contribution in [2.24, 2.45) is 0 Å². The van der Waals surface area contributed by atoms with Gasteiger partial charge in [0, 0.05) is 20.5 Å². The summed E-state index contributed by atoms with van der Waals surface area (Å²) >= 11 is 13.0. The first-order valence-electron chi connectivity index (χ1n) is 5.38. The molecule has 1 N–H and O–H groups in total. The third-order valence-electron chi connectivity index (χ3n) is 2.41. The molecule has 0 aliphatic heterocycles. The summed E-state index contributed by atoms with van der Waals surface area (Å²) in [4.78, 5) is 12.1. The van der Waals surface area contributed by atoms with Crippen LogP contribution in [0.5, 0.6) is 5.75 Å². The second-order valence-corrected chi connectivity index (χ2v) is 5.98. The molecule has 0 amide bonds. The highest BCUT2D eigenvalue weighted by molar-refractivity contribution is 7.14. The van der Waals surface area contributed by atoms with Crippen molar-refractivity contribution in [3.05, 3.63) is 49.6 Å². The molecule has 0 saturated carbocycles. The third kappa shape index (κ3) is 3.41. The van der Waals surface area contributed by atoms with Gasteiger partial charge < -0.3 is 9.84 Å². The predicted molar refractivity (Wildman–Crippen MR) is 76.8 cm³/mol. The Balaban J connectivity index is 2.16. The number of carboxylic acids is 1. The summed E-state index contributed by atoms with van der Waals surface area (Å²) < 4.78 is 5.53. The minimum absolute atomic E-state index is 0.197. The van der Waals surface area contributed by atoms with Crippen LogP contribution in [0, 0.1) is 6.92 Å². The van der Waals surface area contributed by atoms with Gasteiger partial charge in [-0.1, -0.05) is 29.3 Å². The van der Waals surface area contributed by atoms with Gasteiger partial charge in [-0.2, -0.15) is 0 Å². The Morgan fingerprint density at radius 1 is 1.37 bits per heavy atom. The minimum Gasteiger partial charge on any atom is -0.487 e. The van der Waals surface area contributed by atoms with Crippen LogP contribution in [0.15, 0.2) is 24.3 Å². The first-order chi connectivity index (χ1) is 8.97. The smallest absolute Gasteiger partial charge is 0.349 e. The molecule has 6 heteroatoms. The van der Waals surface area contributed by atoms with E-state index in [1.165, 1.54) is 11.3 Å². The van der Waals surface area contributed by atoms with Crippen molar-refractivity contribution in [3.8, 4) is 5.75 Å². The SMILES string of the molecule is Cc1cc(OCc2ccc(Cl)cc2Cl)c(C(=O)O)s1. The van der Waals surface area contributed by atoms with Crippen LogP contribution in [0.4, 0.5) is 0 Å². The molecule has 0 radical (unpaired) electrons. The summed E-state index contributed by atoms with van der Waals surface area (Å²) in [6.45, 7) is 2.03. The Morgan fingerprint density at radius 2 is 2.11 bits per heavy atom. The molecule has 0 atom stereocenters. The van der Waals surface area contributed by atoms with Gasteiger partial charge in [-0.3, -0.25) is 0 Å². The zero-order chi connectivity index (χ0) is 14.0. The molecule has 0 saturated heterocycles. The number of aromatic carboxylic acids is 1. The molecule has 2 rings (SSSR count). The predicted octanol–water partition coefficient (Wildman–Crippen LogP) is 4.64. The average Bonchev–Trinajstić information content (AvgIpc) is 2.69. The van der Waals surface area contributed by atoms with Crippen LogP contribution in [-0.4, -0.2) is 11.1 Å². The lowest BCUT2D eigenvalue weighted by molar-refractivity contribution is 0.0697. The number of halogens is 2. The minimum atomic E-state index is -0.990. The van der Waals surface area contributed by atoms with Crippen LogP contribution >= 0.6 is 34.5 Å². The molecule has 0 aliphatic rings. The van der Waals surface area contributed by atoms with Crippen molar-refractivity contribution in [1.29, 1.82) is 0 Å². The van der Waals surface area contributed by atoms with Gasteiger partial charge >= 0.3 is 5.97 Å². The summed E-state index contributed by atoms with van der Waals surface area (Å²) in [6.07, 6.45) is 0. The van der Waals surface area contributed by atoms with Crippen LogP contribution in [0.25, 0.3) is 0 Å². The second kappa shape index (κ2) is 5.82. The van der Waals surface area contributed by atoms with E-state index in [1.54, 1.807) is 24.3 Å². The molecular weight excluding hydrogens is 307 g/mol. The molecule has 3 nitrogen and oxygen atoms in total. The van der Waals surface area contributed by atoms with E-state index in [9.17, 15) is 4.79 Å². The zero-order valence-electron chi connectivity index (χ0n) is 9.94. The van der Waals surface area contributed by atoms with Crippen molar-refractivity contribution in [1.82, 2.24) is 0 Å². The van der Waals surface area contributed by atoms with E-state index in [-0.39, 0.29) is 11.5 Å². The Morgan fingerprint density at radius 3 is 2.74 bits per heavy atom. The number of carboxylic acid groups (broad SMARTS) is 1. The molecule has 100 valence electrons. The Kier molecular flexibility index (Phi) is 4.34. The molecule has 0 unspecified atom stereocenters. The lowest BCUT2D eigenvalue weighted by Gasteiger charge is -2.07. The number of hydrogen-bond donors (Lipinski definition) is 1. The zero-order valence-corrected chi connectivity index (χ0v) is 12.3. The fourth-order valence-electron chi connectivity index (χ4n) is 1.54. The topological polar surface area (TPSA) is 46.5 Å². The number of benzene rings is 1. The number of carbonyl (C=O) groups is 1. The van der Waals surface area contributed by atoms with E-state index in [4.69, 9.17) is 33.0 Å². The first-order valence-corrected chi connectivity index (χ1v) is 6.95. The highest BCUT2D eigenvalue weighted by Crippen LogP contribution is 2.30. The number of rotatable bonds is 4. The molecule has 1 aromatic carbocycles. The van der Waals surface area contributed by atoms with Gasteiger partial charge in [0.2, 0.25) is 0 Å². The van der Waals surface area contributed by atoms with E-state index in [0.29, 0.717) is 15.8 Å². The highest BCUT2D eigenvalue weighted by Gasteiger charge is 2.15. The summed E-state index contributed by atoms with van der Waals surface area (Å²) in [7, 11) is 0. The van der Waals surface area contributed by atoms with Gasteiger partial charge in [0.15, 0.2) is 4.88 Å². The highest BCUT2D eigenvalue weighted by atomic mass is 35.5. The number of hydrogen-bond acceptors (Lipinski definition) is 3. The number of thiophene rings is 1. The fraction of sp³-hybridized carbons (Fsp3) is 0.154. The monoisotopic (exact) mass is 316 g/mol.